The molecule has 108 valence electrons. The smallest absolute Gasteiger partial charge is 0.261 e. The van der Waals surface area contributed by atoms with Crippen LogP contribution < -0.4 is 11.3 Å². The molecule has 21 heavy (non-hydrogen) atoms. The largest absolute Gasteiger partial charge is 0.389 e. The van der Waals surface area contributed by atoms with Gasteiger partial charge in [0.2, 0.25) is 0 Å². The minimum absolute atomic E-state index is 0.0595. The van der Waals surface area contributed by atoms with Crippen molar-refractivity contribution in [3.05, 3.63) is 58.4 Å². The van der Waals surface area contributed by atoms with E-state index in [4.69, 9.17) is 18.0 Å². The highest BCUT2D eigenvalue weighted by Crippen LogP contribution is 2.32. The summed E-state index contributed by atoms with van der Waals surface area (Å²) >= 11 is 5.01. The summed E-state index contributed by atoms with van der Waals surface area (Å²) in [6.45, 7) is 0. The van der Waals surface area contributed by atoms with Gasteiger partial charge >= 0.3 is 0 Å². The molecule has 3 nitrogen and oxygen atoms in total. The van der Waals surface area contributed by atoms with E-state index in [1.165, 1.54) is 12.8 Å². The SMILES string of the molecule is NC(=S)c1ccc(-c2ccccc2)n(C2CCCC2)c1=O. The molecule has 1 saturated carbocycles. The lowest BCUT2D eigenvalue weighted by Gasteiger charge is -2.20. The molecule has 0 bridgehead atoms. The lowest BCUT2D eigenvalue weighted by molar-refractivity contribution is 0.507. The number of thiocarbonyl (C=S) groups is 1. The molecule has 0 unspecified atom stereocenters. The first-order valence-corrected chi connectivity index (χ1v) is 7.70. The standard InChI is InChI=1S/C17H18N2OS/c18-16(21)14-10-11-15(12-6-2-1-3-7-12)19(17(14)20)13-8-4-5-9-13/h1-3,6-7,10-11,13H,4-5,8-9H2,(H2,18,21). The van der Waals surface area contributed by atoms with Crippen LogP contribution in [-0.4, -0.2) is 9.56 Å². The van der Waals surface area contributed by atoms with Gasteiger partial charge in [-0.1, -0.05) is 55.4 Å². The molecule has 1 fully saturated rings. The van der Waals surface area contributed by atoms with Crippen molar-refractivity contribution in [2.45, 2.75) is 31.7 Å². The van der Waals surface area contributed by atoms with Crippen LogP contribution in [0.15, 0.2) is 47.3 Å². The van der Waals surface area contributed by atoms with Crippen LogP contribution in [-0.2, 0) is 0 Å². The van der Waals surface area contributed by atoms with Gasteiger partial charge in [0.25, 0.3) is 5.56 Å². The van der Waals surface area contributed by atoms with Crippen molar-refractivity contribution < 1.29 is 0 Å². The molecule has 0 atom stereocenters. The number of hydrogen-bond donors (Lipinski definition) is 1. The van der Waals surface area contributed by atoms with Gasteiger partial charge in [-0.05, 0) is 30.5 Å². The Morgan fingerprint density at radius 2 is 1.76 bits per heavy atom. The maximum Gasteiger partial charge on any atom is 0.261 e. The Morgan fingerprint density at radius 1 is 1.10 bits per heavy atom. The van der Waals surface area contributed by atoms with Gasteiger partial charge in [-0.3, -0.25) is 4.79 Å². The van der Waals surface area contributed by atoms with E-state index in [-0.39, 0.29) is 16.6 Å². The van der Waals surface area contributed by atoms with Crippen molar-refractivity contribution in [3.63, 3.8) is 0 Å². The van der Waals surface area contributed by atoms with Gasteiger partial charge < -0.3 is 10.3 Å². The number of nitrogens with two attached hydrogens (primary N) is 1. The van der Waals surface area contributed by atoms with Gasteiger partial charge in [-0.25, -0.2) is 0 Å². The molecule has 0 amide bonds. The first-order chi connectivity index (χ1) is 10.2. The third-order valence-electron chi connectivity index (χ3n) is 4.14. The second-order valence-corrected chi connectivity index (χ2v) is 5.92. The fourth-order valence-electron chi connectivity index (χ4n) is 3.11. The van der Waals surface area contributed by atoms with Crippen LogP contribution in [0.4, 0.5) is 0 Å². The van der Waals surface area contributed by atoms with Crippen LogP contribution in [0, 0.1) is 0 Å². The highest BCUT2D eigenvalue weighted by molar-refractivity contribution is 7.80. The van der Waals surface area contributed by atoms with E-state index in [0.29, 0.717) is 5.56 Å². The average molecular weight is 298 g/mol. The number of rotatable bonds is 3. The Labute approximate surface area is 129 Å². The second kappa shape index (κ2) is 5.82. The Bertz CT molecular complexity index is 715. The van der Waals surface area contributed by atoms with E-state index in [1.54, 1.807) is 6.07 Å². The van der Waals surface area contributed by atoms with Crippen molar-refractivity contribution in [3.8, 4) is 11.3 Å². The summed E-state index contributed by atoms with van der Waals surface area (Å²) in [6.07, 6.45) is 4.42. The fraction of sp³-hybridized carbons (Fsp3) is 0.294. The minimum atomic E-state index is -0.0595. The Hall–Kier alpha value is -1.94. The van der Waals surface area contributed by atoms with Gasteiger partial charge in [-0.15, -0.1) is 0 Å². The summed E-state index contributed by atoms with van der Waals surface area (Å²) in [7, 11) is 0. The number of benzene rings is 1. The molecule has 1 aliphatic carbocycles. The molecule has 2 aromatic rings. The van der Waals surface area contributed by atoms with Crippen LogP contribution in [0.1, 0.15) is 37.3 Å². The summed E-state index contributed by atoms with van der Waals surface area (Å²) in [6, 6.07) is 14.0. The lowest BCUT2D eigenvalue weighted by Crippen LogP contribution is -2.31. The molecule has 1 heterocycles. The zero-order chi connectivity index (χ0) is 14.8. The number of nitrogens with zero attached hydrogens (tertiary/aromatic N) is 1. The zero-order valence-electron chi connectivity index (χ0n) is 11.8. The molecule has 1 aliphatic rings. The van der Waals surface area contributed by atoms with E-state index in [0.717, 1.165) is 24.1 Å². The monoisotopic (exact) mass is 298 g/mol. The minimum Gasteiger partial charge on any atom is -0.389 e. The molecule has 2 N–H and O–H groups in total. The summed E-state index contributed by atoms with van der Waals surface area (Å²) in [4.78, 5) is 13.0. The highest BCUT2D eigenvalue weighted by Gasteiger charge is 2.22. The van der Waals surface area contributed by atoms with E-state index in [1.807, 2.05) is 41.0 Å². The average Bonchev–Trinajstić information content (AvgIpc) is 3.01. The number of hydrogen-bond acceptors (Lipinski definition) is 2. The van der Waals surface area contributed by atoms with Gasteiger partial charge in [0.05, 0.1) is 11.3 Å². The van der Waals surface area contributed by atoms with Crippen molar-refractivity contribution in [2.75, 3.05) is 0 Å². The molecule has 0 aliphatic heterocycles. The molecule has 3 rings (SSSR count). The van der Waals surface area contributed by atoms with Crippen LogP contribution in [0.5, 0.6) is 0 Å². The van der Waals surface area contributed by atoms with Crippen LogP contribution in [0.3, 0.4) is 0 Å². The lowest BCUT2D eigenvalue weighted by atomic mass is 10.1. The molecule has 1 aromatic heterocycles. The summed E-state index contributed by atoms with van der Waals surface area (Å²) in [5.41, 5.74) is 8.07. The predicted octanol–water partition coefficient (Wildman–Crippen LogP) is 3.26. The van der Waals surface area contributed by atoms with Crippen LogP contribution in [0.2, 0.25) is 0 Å². The normalized spacial score (nSPS) is 15.2. The van der Waals surface area contributed by atoms with Crippen LogP contribution >= 0.6 is 12.2 Å². The third kappa shape index (κ3) is 2.63. The van der Waals surface area contributed by atoms with Gasteiger partial charge in [0, 0.05) is 6.04 Å². The molecule has 0 radical (unpaired) electrons. The summed E-state index contributed by atoms with van der Waals surface area (Å²) in [5, 5.41) is 0. The predicted molar refractivity (Wildman–Crippen MR) is 89.5 cm³/mol. The number of pyridine rings is 1. The van der Waals surface area contributed by atoms with E-state index in [2.05, 4.69) is 0 Å². The molecule has 1 aromatic carbocycles. The van der Waals surface area contributed by atoms with Gasteiger partial charge in [-0.2, -0.15) is 0 Å². The summed E-state index contributed by atoms with van der Waals surface area (Å²) in [5.74, 6) is 0. The fourth-order valence-corrected chi connectivity index (χ4v) is 3.27. The Kier molecular flexibility index (Phi) is 3.88. The van der Waals surface area contributed by atoms with E-state index in [9.17, 15) is 4.79 Å². The van der Waals surface area contributed by atoms with Crippen molar-refractivity contribution in [2.24, 2.45) is 5.73 Å². The first kappa shape index (κ1) is 14.0. The molecule has 0 spiro atoms. The first-order valence-electron chi connectivity index (χ1n) is 7.29. The highest BCUT2D eigenvalue weighted by atomic mass is 32.1. The second-order valence-electron chi connectivity index (χ2n) is 5.48. The zero-order valence-corrected chi connectivity index (χ0v) is 12.6. The molecule has 4 heteroatoms. The van der Waals surface area contributed by atoms with Crippen molar-refractivity contribution in [1.82, 2.24) is 4.57 Å². The third-order valence-corrected chi connectivity index (χ3v) is 4.36. The molecular weight excluding hydrogens is 280 g/mol. The maximum atomic E-state index is 12.8. The quantitative estimate of drug-likeness (QED) is 0.885. The number of aromatic nitrogens is 1. The van der Waals surface area contributed by atoms with Crippen LogP contribution in [0.25, 0.3) is 11.3 Å². The van der Waals surface area contributed by atoms with E-state index >= 15 is 0 Å². The van der Waals surface area contributed by atoms with Crippen molar-refractivity contribution in [1.29, 1.82) is 0 Å². The van der Waals surface area contributed by atoms with Crippen molar-refractivity contribution >= 4 is 17.2 Å². The van der Waals surface area contributed by atoms with Gasteiger partial charge in [0.1, 0.15) is 4.99 Å². The molecule has 0 saturated heterocycles. The van der Waals surface area contributed by atoms with E-state index < -0.39 is 0 Å². The Balaban J connectivity index is 2.22. The maximum absolute atomic E-state index is 12.8. The Morgan fingerprint density at radius 3 is 2.38 bits per heavy atom. The topological polar surface area (TPSA) is 48.0 Å². The van der Waals surface area contributed by atoms with Gasteiger partial charge in [0.15, 0.2) is 0 Å². The summed E-state index contributed by atoms with van der Waals surface area (Å²) < 4.78 is 1.90. The molecular formula is C17H18N2OS.